The molecule has 0 aliphatic heterocycles. The molecular formula is C19H39N3O3S2Si2. The Balaban J connectivity index is 3.57. The first-order valence-electron chi connectivity index (χ1n) is 9.72. The standard InChI is InChI=1S/C19H39N3O3S2Si2/c1-18(2,3)28(8,9)21-26(20,23)16-13-12-14-17(15-16)27(24,25)22(7)29(10,11)19(4,5)6/h12-15H,1-11H3,(H2,20,21,23). The van der Waals surface area contributed by atoms with Gasteiger partial charge in [-0.15, -0.1) is 0 Å². The van der Waals surface area contributed by atoms with E-state index in [2.05, 4.69) is 45.6 Å². The van der Waals surface area contributed by atoms with Gasteiger partial charge in [0.1, 0.15) is 18.2 Å². The minimum Gasteiger partial charge on any atom is -0.261 e. The van der Waals surface area contributed by atoms with Crippen LogP contribution in [0.2, 0.25) is 36.3 Å². The highest BCUT2D eigenvalue weighted by atomic mass is 32.2. The first-order valence-corrected chi connectivity index (χ1v) is 18.6. The molecule has 1 atom stereocenters. The van der Waals surface area contributed by atoms with E-state index in [1.54, 1.807) is 19.2 Å². The van der Waals surface area contributed by atoms with Crippen LogP contribution in [0.25, 0.3) is 0 Å². The van der Waals surface area contributed by atoms with Gasteiger partial charge in [-0.2, -0.15) is 0 Å². The summed E-state index contributed by atoms with van der Waals surface area (Å²) in [7, 11) is -9.94. The van der Waals surface area contributed by atoms with E-state index >= 15 is 0 Å². The van der Waals surface area contributed by atoms with Gasteiger partial charge < -0.3 is 0 Å². The Bertz CT molecular complexity index is 983. The van der Waals surface area contributed by atoms with Crippen LogP contribution in [0.4, 0.5) is 0 Å². The van der Waals surface area contributed by atoms with E-state index in [1.807, 2.05) is 26.2 Å². The molecule has 2 N–H and O–H groups in total. The molecule has 0 heterocycles. The molecule has 10 heteroatoms. The van der Waals surface area contributed by atoms with Gasteiger partial charge in [0.05, 0.1) is 9.79 Å². The lowest BCUT2D eigenvalue weighted by atomic mass is 10.2. The Kier molecular flexibility index (Phi) is 7.19. The van der Waals surface area contributed by atoms with E-state index in [0.717, 1.165) is 0 Å². The maximum Gasteiger partial charge on any atom is 0.236 e. The molecule has 168 valence electrons. The number of nitrogens with two attached hydrogens (primary N) is 1. The summed E-state index contributed by atoms with van der Waals surface area (Å²) in [4.78, 5) is 0.359. The van der Waals surface area contributed by atoms with E-state index in [-0.39, 0.29) is 19.9 Å². The molecule has 1 aromatic carbocycles. The SMILES string of the molecule is CN([Si](C)(C)C(C)(C)C)S(=O)(=O)c1cccc(S(N)(=O)=N[Si](C)(C)C(C)(C)C)c1. The van der Waals surface area contributed by atoms with Crippen LogP contribution < -0.4 is 5.14 Å². The highest BCUT2D eigenvalue weighted by Gasteiger charge is 2.45. The summed E-state index contributed by atoms with van der Waals surface area (Å²) in [5.41, 5.74) is 0. The lowest BCUT2D eigenvalue weighted by molar-refractivity contribution is 0.537. The Morgan fingerprint density at radius 2 is 1.34 bits per heavy atom. The highest BCUT2D eigenvalue weighted by Crippen LogP contribution is 2.40. The van der Waals surface area contributed by atoms with Crippen LogP contribution in [-0.2, 0) is 19.9 Å². The molecule has 29 heavy (non-hydrogen) atoms. The van der Waals surface area contributed by atoms with Crippen LogP contribution in [0.1, 0.15) is 41.5 Å². The fraction of sp³-hybridized carbons (Fsp3) is 0.684. The highest BCUT2D eigenvalue weighted by molar-refractivity contribution is 7.92. The summed E-state index contributed by atoms with van der Waals surface area (Å²) < 4.78 is 46.1. The molecule has 0 saturated heterocycles. The number of hydrogen-bond acceptors (Lipinski definition) is 4. The Morgan fingerprint density at radius 1 is 0.897 bits per heavy atom. The number of rotatable bonds is 5. The van der Waals surface area contributed by atoms with Crippen molar-refractivity contribution in [2.45, 2.75) is 87.6 Å². The van der Waals surface area contributed by atoms with E-state index in [0.29, 0.717) is 0 Å². The van der Waals surface area contributed by atoms with Gasteiger partial charge in [-0.1, -0.05) is 60.7 Å². The zero-order chi connectivity index (χ0) is 23.3. The number of sulfonamides is 1. The lowest BCUT2D eigenvalue weighted by Crippen LogP contribution is -2.55. The van der Waals surface area contributed by atoms with Crippen LogP contribution in [-0.4, -0.2) is 40.1 Å². The first-order chi connectivity index (χ1) is 12.6. The molecule has 0 aliphatic carbocycles. The first kappa shape index (κ1) is 26.5. The van der Waals surface area contributed by atoms with Gasteiger partial charge in [0.2, 0.25) is 10.0 Å². The molecule has 1 rings (SSSR count). The zero-order valence-corrected chi connectivity index (χ0v) is 23.5. The maximum absolute atomic E-state index is 13.4. The third-order valence-corrected chi connectivity index (χ3v) is 23.0. The topological polar surface area (TPSA) is 92.8 Å². The van der Waals surface area contributed by atoms with E-state index in [1.165, 1.54) is 16.1 Å². The van der Waals surface area contributed by atoms with Crippen molar-refractivity contribution in [3.05, 3.63) is 24.3 Å². The van der Waals surface area contributed by atoms with Crippen LogP contribution in [0.5, 0.6) is 0 Å². The van der Waals surface area contributed by atoms with E-state index in [9.17, 15) is 12.6 Å². The van der Waals surface area contributed by atoms with Crippen molar-refractivity contribution < 1.29 is 12.6 Å². The van der Waals surface area contributed by atoms with Crippen LogP contribution in [0.3, 0.4) is 0 Å². The van der Waals surface area contributed by atoms with Crippen molar-refractivity contribution in [1.82, 2.24) is 3.97 Å². The number of nitrogens with zero attached hydrogens (tertiary/aromatic N) is 2. The Hall–Kier alpha value is -0.526. The van der Waals surface area contributed by atoms with Crippen molar-refractivity contribution in [2.75, 3.05) is 7.05 Å². The summed E-state index contributed by atoms with van der Waals surface area (Å²) in [5, 5.41) is 5.89. The molecular weight excluding hydrogens is 439 g/mol. The molecule has 0 bridgehead atoms. The van der Waals surface area contributed by atoms with Crippen molar-refractivity contribution in [1.29, 1.82) is 0 Å². The Morgan fingerprint density at radius 3 is 1.76 bits per heavy atom. The molecule has 1 aromatic rings. The monoisotopic (exact) mass is 477 g/mol. The van der Waals surface area contributed by atoms with Gasteiger partial charge in [-0.3, -0.25) is 4.03 Å². The fourth-order valence-electron chi connectivity index (χ4n) is 2.28. The molecule has 0 radical (unpaired) electrons. The summed E-state index contributed by atoms with van der Waals surface area (Å²) in [5.74, 6) is 0. The minimum atomic E-state index is -3.75. The lowest BCUT2D eigenvalue weighted by Gasteiger charge is -2.42. The second-order valence-corrected chi connectivity index (χ2v) is 25.3. The number of benzene rings is 1. The summed E-state index contributed by atoms with van der Waals surface area (Å²) in [6.45, 7) is 20.5. The fourth-order valence-corrected chi connectivity index (χ4v) is 12.5. The van der Waals surface area contributed by atoms with Crippen LogP contribution in [0.15, 0.2) is 38.1 Å². The third-order valence-electron chi connectivity index (χ3n) is 6.62. The van der Waals surface area contributed by atoms with Gasteiger partial charge >= 0.3 is 0 Å². The largest absolute Gasteiger partial charge is 0.261 e. The molecule has 1 unspecified atom stereocenters. The quantitative estimate of drug-likeness (QED) is 0.603. The van der Waals surface area contributed by atoms with Gasteiger partial charge in [0.25, 0.3) is 0 Å². The summed E-state index contributed by atoms with van der Waals surface area (Å²) in [6, 6.07) is 6.15. The number of hydrogen-bond donors (Lipinski definition) is 1. The smallest absolute Gasteiger partial charge is 0.236 e. The van der Waals surface area contributed by atoms with Crippen molar-refractivity contribution in [2.24, 2.45) is 9.17 Å². The van der Waals surface area contributed by atoms with E-state index in [4.69, 9.17) is 5.14 Å². The summed E-state index contributed by atoms with van der Waals surface area (Å²) >= 11 is 0. The van der Waals surface area contributed by atoms with Crippen molar-refractivity contribution in [3.8, 4) is 0 Å². The third kappa shape index (κ3) is 5.40. The second kappa shape index (κ2) is 7.87. The minimum absolute atomic E-state index is 0.103. The van der Waals surface area contributed by atoms with Crippen LogP contribution >= 0.6 is 0 Å². The van der Waals surface area contributed by atoms with E-state index < -0.39 is 36.4 Å². The maximum atomic E-state index is 13.4. The average molecular weight is 478 g/mol. The zero-order valence-electron chi connectivity index (χ0n) is 19.8. The van der Waals surface area contributed by atoms with Gasteiger partial charge in [-0.05, 0) is 48.4 Å². The molecule has 0 amide bonds. The van der Waals surface area contributed by atoms with Crippen molar-refractivity contribution >= 4 is 36.4 Å². The normalized spacial score (nSPS) is 16.6. The molecule has 0 fully saturated rings. The predicted molar refractivity (Wildman–Crippen MR) is 129 cm³/mol. The molecule has 0 saturated carbocycles. The second-order valence-electron chi connectivity index (χ2n) is 10.7. The van der Waals surface area contributed by atoms with Gasteiger partial charge in [0, 0.05) is 0 Å². The van der Waals surface area contributed by atoms with Crippen molar-refractivity contribution in [3.63, 3.8) is 0 Å². The van der Waals surface area contributed by atoms with Gasteiger partial charge in [0.15, 0.2) is 8.24 Å². The average Bonchev–Trinajstić information content (AvgIpc) is 2.51. The molecule has 6 nitrogen and oxygen atoms in total. The predicted octanol–water partition coefficient (Wildman–Crippen LogP) is 5.02. The summed E-state index contributed by atoms with van der Waals surface area (Å²) in [6.07, 6.45) is 0. The molecule has 0 aromatic heterocycles. The van der Waals surface area contributed by atoms with Gasteiger partial charge in [-0.25, -0.2) is 21.7 Å². The molecule has 0 spiro atoms. The molecule has 0 aliphatic rings. The van der Waals surface area contributed by atoms with Crippen LogP contribution in [0, 0.1) is 0 Å². The Labute approximate surface area is 180 Å².